The number of ether oxygens (including phenoxy) is 1. The minimum atomic E-state index is -0.828. The highest BCUT2D eigenvalue weighted by Crippen LogP contribution is 2.42. The van der Waals surface area contributed by atoms with Gasteiger partial charge in [0, 0.05) is 29.1 Å². The first-order valence-electron chi connectivity index (χ1n) is 10.2. The SMILES string of the molecule is COc1cc2c(c(F)n1)-c1cccnc1C(C)C(=O)N2CC(=O)Nc1ccc(C(C)=O)cc1. The molecule has 0 radical (unpaired) electrons. The van der Waals surface area contributed by atoms with Crippen LogP contribution in [0, 0.1) is 5.95 Å². The highest BCUT2D eigenvalue weighted by Gasteiger charge is 2.35. The number of benzene rings is 1. The molecule has 0 saturated heterocycles. The van der Waals surface area contributed by atoms with Crippen LogP contribution in [-0.4, -0.2) is 41.2 Å². The molecule has 8 nitrogen and oxygen atoms in total. The fourth-order valence-corrected chi connectivity index (χ4v) is 3.79. The van der Waals surface area contributed by atoms with Crippen LogP contribution in [0.3, 0.4) is 0 Å². The number of hydrogen-bond acceptors (Lipinski definition) is 6. The lowest BCUT2D eigenvalue weighted by Gasteiger charge is -2.24. The number of nitrogens with zero attached hydrogens (tertiary/aromatic N) is 3. The summed E-state index contributed by atoms with van der Waals surface area (Å²) >= 11 is 0. The van der Waals surface area contributed by atoms with Crippen molar-refractivity contribution in [2.24, 2.45) is 0 Å². The van der Waals surface area contributed by atoms with Crippen molar-refractivity contribution in [3.8, 4) is 17.0 Å². The minimum absolute atomic E-state index is 0.0238. The highest BCUT2D eigenvalue weighted by atomic mass is 19.1. The number of ketones is 1. The van der Waals surface area contributed by atoms with E-state index in [1.165, 1.54) is 31.2 Å². The van der Waals surface area contributed by atoms with E-state index in [1.807, 2.05) is 0 Å². The van der Waals surface area contributed by atoms with E-state index in [0.29, 0.717) is 22.5 Å². The van der Waals surface area contributed by atoms with Gasteiger partial charge in [0.15, 0.2) is 5.78 Å². The summed E-state index contributed by atoms with van der Waals surface area (Å²) in [4.78, 5) is 47.0. The van der Waals surface area contributed by atoms with E-state index in [0.717, 1.165) is 0 Å². The number of methoxy groups -OCH3 is 1. The standard InChI is InChI=1S/C24H21FN4O4/c1-13-22-17(5-4-10-26-22)21-18(11-20(33-3)28-23(21)25)29(24(13)32)12-19(31)27-16-8-6-15(7-9-16)14(2)30/h4-11,13H,12H2,1-3H3,(H,27,31). The van der Waals surface area contributed by atoms with Crippen LogP contribution in [0.15, 0.2) is 48.7 Å². The van der Waals surface area contributed by atoms with E-state index < -0.39 is 23.7 Å². The third kappa shape index (κ3) is 4.17. The molecule has 2 amide bonds. The van der Waals surface area contributed by atoms with Gasteiger partial charge in [-0.3, -0.25) is 19.4 Å². The van der Waals surface area contributed by atoms with Gasteiger partial charge in [-0.25, -0.2) is 0 Å². The number of fused-ring (bicyclic) bond motifs is 3. The average Bonchev–Trinajstić information content (AvgIpc) is 2.89. The zero-order valence-corrected chi connectivity index (χ0v) is 18.3. The number of rotatable bonds is 5. The molecule has 1 aliphatic heterocycles. The van der Waals surface area contributed by atoms with Crippen LogP contribution in [0.2, 0.25) is 0 Å². The number of hydrogen-bond donors (Lipinski definition) is 1. The number of anilines is 2. The molecule has 0 aliphatic carbocycles. The van der Waals surface area contributed by atoms with Gasteiger partial charge in [0.25, 0.3) is 0 Å². The van der Waals surface area contributed by atoms with Crippen LogP contribution in [0.4, 0.5) is 15.8 Å². The Balaban J connectivity index is 1.72. The van der Waals surface area contributed by atoms with Crippen LogP contribution in [0.25, 0.3) is 11.1 Å². The summed E-state index contributed by atoms with van der Waals surface area (Å²) in [5.41, 5.74) is 2.06. The van der Waals surface area contributed by atoms with Crippen LogP contribution in [-0.2, 0) is 9.59 Å². The zero-order valence-electron chi connectivity index (χ0n) is 18.3. The van der Waals surface area contributed by atoms with Crippen molar-refractivity contribution < 1.29 is 23.5 Å². The molecule has 3 aromatic rings. The third-order valence-electron chi connectivity index (χ3n) is 5.46. The molecule has 9 heteroatoms. The van der Waals surface area contributed by atoms with Crippen LogP contribution in [0.1, 0.15) is 35.8 Å². The van der Waals surface area contributed by atoms with E-state index >= 15 is 4.39 Å². The van der Waals surface area contributed by atoms with E-state index in [-0.39, 0.29) is 29.5 Å². The maximum atomic E-state index is 15.1. The number of Topliss-reactive ketones (excluding diaryl/α,β-unsaturated/α-hetero) is 1. The van der Waals surface area contributed by atoms with Gasteiger partial charge >= 0.3 is 0 Å². The molecule has 4 rings (SSSR count). The Labute approximate surface area is 189 Å². The van der Waals surface area contributed by atoms with Crippen LogP contribution >= 0.6 is 0 Å². The predicted octanol–water partition coefficient (Wildman–Crippen LogP) is 3.58. The largest absolute Gasteiger partial charge is 0.481 e. The molecule has 1 aliphatic rings. The summed E-state index contributed by atoms with van der Waals surface area (Å²) in [7, 11) is 1.34. The summed E-state index contributed by atoms with van der Waals surface area (Å²) < 4.78 is 20.2. The van der Waals surface area contributed by atoms with Gasteiger partial charge < -0.3 is 15.0 Å². The molecule has 1 N–H and O–H groups in total. The monoisotopic (exact) mass is 448 g/mol. The smallest absolute Gasteiger partial charge is 0.244 e. The second kappa shape index (κ2) is 8.78. The molecular formula is C24H21FN4O4. The Bertz CT molecular complexity index is 1260. The minimum Gasteiger partial charge on any atom is -0.481 e. The molecule has 33 heavy (non-hydrogen) atoms. The van der Waals surface area contributed by atoms with E-state index in [4.69, 9.17) is 4.74 Å². The Morgan fingerprint density at radius 2 is 1.94 bits per heavy atom. The summed E-state index contributed by atoms with van der Waals surface area (Å²) in [5.74, 6) is -2.57. The molecule has 0 saturated carbocycles. The lowest BCUT2D eigenvalue weighted by Crippen LogP contribution is -2.40. The normalized spacial score (nSPS) is 14.7. The van der Waals surface area contributed by atoms with Crippen LogP contribution < -0.4 is 15.0 Å². The van der Waals surface area contributed by atoms with E-state index in [2.05, 4.69) is 15.3 Å². The Hall–Kier alpha value is -4.14. The highest BCUT2D eigenvalue weighted by molar-refractivity contribution is 6.09. The summed E-state index contributed by atoms with van der Waals surface area (Å²) in [6, 6.07) is 11.1. The molecule has 168 valence electrons. The molecule has 3 heterocycles. The van der Waals surface area contributed by atoms with E-state index in [9.17, 15) is 14.4 Å². The lowest BCUT2D eigenvalue weighted by molar-refractivity contribution is -0.122. The van der Waals surface area contributed by atoms with Gasteiger partial charge in [-0.1, -0.05) is 6.07 Å². The van der Waals surface area contributed by atoms with Crippen molar-refractivity contribution in [2.75, 3.05) is 23.9 Å². The van der Waals surface area contributed by atoms with Crippen molar-refractivity contribution in [1.29, 1.82) is 0 Å². The second-order valence-electron chi connectivity index (χ2n) is 7.61. The quantitative estimate of drug-likeness (QED) is 0.473. The first-order valence-corrected chi connectivity index (χ1v) is 10.2. The molecule has 0 fully saturated rings. The Kier molecular flexibility index (Phi) is 5.87. The number of amides is 2. The second-order valence-corrected chi connectivity index (χ2v) is 7.61. The van der Waals surface area contributed by atoms with Crippen molar-refractivity contribution in [3.05, 3.63) is 65.9 Å². The van der Waals surface area contributed by atoms with Crippen molar-refractivity contribution in [1.82, 2.24) is 9.97 Å². The number of pyridine rings is 2. The first-order chi connectivity index (χ1) is 15.8. The third-order valence-corrected chi connectivity index (χ3v) is 5.46. The number of carbonyl (C=O) groups is 3. The van der Waals surface area contributed by atoms with Crippen molar-refractivity contribution in [2.45, 2.75) is 19.8 Å². The van der Waals surface area contributed by atoms with Crippen molar-refractivity contribution >= 4 is 29.0 Å². The van der Waals surface area contributed by atoms with E-state index in [1.54, 1.807) is 43.3 Å². The molecule has 1 unspecified atom stereocenters. The van der Waals surface area contributed by atoms with Gasteiger partial charge in [0.05, 0.1) is 30.0 Å². The number of nitrogens with one attached hydrogen (secondary N) is 1. The molecule has 2 aromatic heterocycles. The van der Waals surface area contributed by atoms with Gasteiger partial charge in [0.2, 0.25) is 23.6 Å². The number of halogens is 1. The maximum Gasteiger partial charge on any atom is 0.244 e. The fraction of sp³-hybridized carbons (Fsp3) is 0.208. The zero-order chi connectivity index (χ0) is 23.7. The van der Waals surface area contributed by atoms with Gasteiger partial charge in [0.1, 0.15) is 6.54 Å². The Morgan fingerprint density at radius 1 is 1.21 bits per heavy atom. The summed E-state index contributed by atoms with van der Waals surface area (Å²) in [5, 5.41) is 2.71. The summed E-state index contributed by atoms with van der Waals surface area (Å²) in [6.07, 6.45) is 1.53. The Morgan fingerprint density at radius 3 is 2.61 bits per heavy atom. The maximum absolute atomic E-state index is 15.1. The topological polar surface area (TPSA) is 101 Å². The summed E-state index contributed by atoms with van der Waals surface area (Å²) in [6.45, 7) is 2.74. The molecule has 0 spiro atoms. The van der Waals surface area contributed by atoms with Gasteiger partial charge in [-0.05, 0) is 44.2 Å². The predicted molar refractivity (Wildman–Crippen MR) is 120 cm³/mol. The number of aromatic nitrogens is 2. The first kappa shape index (κ1) is 22.1. The molecule has 1 atom stereocenters. The molecule has 0 bridgehead atoms. The number of carbonyl (C=O) groups excluding carboxylic acids is 3. The molecular weight excluding hydrogens is 427 g/mol. The van der Waals surface area contributed by atoms with Gasteiger partial charge in [-0.2, -0.15) is 9.37 Å². The van der Waals surface area contributed by atoms with Crippen molar-refractivity contribution in [3.63, 3.8) is 0 Å². The molecule has 1 aromatic carbocycles. The average molecular weight is 448 g/mol. The fourth-order valence-electron chi connectivity index (χ4n) is 3.79. The van der Waals surface area contributed by atoms with Gasteiger partial charge in [-0.15, -0.1) is 0 Å². The van der Waals surface area contributed by atoms with Crippen LogP contribution in [0.5, 0.6) is 5.88 Å². The lowest BCUT2D eigenvalue weighted by atomic mass is 9.98.